The van der Waals surface area contributed by atoms with Crippen molar-refractivity contribution >= 4 is 0 Å². The Kier molecular flexibility index (Phi) is 2.50. The van der Waals surface area contributed by atoms with Crippen LogP contribution in [0.1, 0.15) is 68.2 Å². The molecule has 1 aromatic rings. The molecule has 1 aliphatic heterocycles. The number of rotatable bonds is 0. The second-order valence-electron chi connectivity index (χ2n) is 8.73. The number of hydrogen-bond acceptors (Lipinski definition) is 1. The van der Waals surface area contributed by atoms with Gasteiger partial charge in [0, 0.05) is 13.1 Å². The van der Waals surface area contributed by atoms with E-state index in [2.05, 4.69) is 44.9 Å². The molecule has 0 unspecified atom stereocenters. The summed E-state index contributed by atoms with van der Waals surface area (Å²) in [6, 6.07) is 5.06. The van der Waals surface area contributed by atoms with E-state index in [1.807, 2.05) is 0 Å². The molecule has 1 aromatic carbocycles. The Balaban J connectivity index is 1.87. The minimum atomic E-state index is 0.269. The van der Waals surface area contributed by atoms with Crippen molar-refractivity contribution in [2.45, 2.75) is 64.3 Å². The largest absolute Gasteiger partial charge is 0.301 e. The number of likely N-dealkylation sites (N-methyl/N-ethyl adjacent to an activating group) is 1. The average molecular weight is 269 g/mol. The zero-order valence-corrected chi connectivity index (χ0v) is 13.4. The molecule has 20 heavy (non-hydrogen) atoms. The first kappa shape index (κ1) is 12.9. The topological polar surface area (TPSA) is 3.24 Å². The molecule has 0 aromatic heterocycles. The monoisotopic (exact) mass is 269 g/mol. The first-order valence-corrected chi connectivity index (χ1v) is 8.21. The Morgan fingerprint density at radius 3 is 2.50 bits per heavy atom. The van der Waals surface area contributed by atoms with Crippen molar-refractivity contribution in [2.24, 2.45) is 5.41 Å². The molecule has 0 radical (unpaired) electrons. The molecule has 1 atom stereocenters. The molecule has 1 spiro atoms. The number of nitrogens with zero attached hydrogens (tertiary/aromatic N) is 1. The van der Waals surface area contributed by atoms with Crippen molar-refractivity contribution in [2.75, 3.05) is 13.6 Å². The van der Waals surface area contributed by atoms with Crippen molar-refractivity contribution in [1.29, 1.82) is 0 Å². The fourth-order valence-corrected chi connectivity index (χ4v) is 4.56. The quantitative estimate of drug-likeness (QED) is 0.681. The van der Waals surface area contributed by atoms with E-state index in [0.717, 1.165) is 12.5 Å². The predicted molar refractivity (Wildman–Crippen MR) is 84.2 cm³/mol. The van der Waals surface area contributed by atoms with Crippen LogP contribution in [-0.2, 0) is 18.4 Å². The van der Waals surface area contributed by atoms with Crippen LogP contribution in [0.4, 0.5) is 0 Å². The minimum Gasteiger partial charge on any atom is -0.301 e. The van der Waals surface area contributed by atoms with E-state index >= 15 is 0 Å². The van der Waals surface area contributed by atoms with E-state index in [1.54, 1.807) is 16.7 Å². The summed E-state index contributed by atoms with van der Waals surface area (Å²) >= 11 is 0. The fraction of sp³-hybridized carbons (Fsp3) is 0.684. The zero-order chi connectivity index (χ0) is 14.1. The van der Waals surface area contributed by atoms with Gasteiger partial charge in [0.1, 0.15) is 0 Å². The van der Waals surface area contributed by atoms with E-state index in [-0.39, 0.29) is 5.41 Å². The third-order valence-electron chi connectivity index (χ3n) is 5.80. The molecule has 1 saturated carbocycles. The standard InChI is InChI=1S/C19H27N/c1-18(2,3)16-7-13-9-19(5-6-19)10-15-12-20(4)11-14(8-16)17(13)15/h7-8,15H,5-6,9-12H2,1-4H3/t15-/m1/s1. The first-order valence-electron chi connectivity index (χ1n) is 8.21. The summed E-state index contributed by atoms with van der Waals surface area (Å²) in [6.45, 7) is 9.47. The number of hydrogen-bond donors (Lipinski definition) is 0. The van der Waals surface area contributed by atoms with E-state index in [0.29, 0.717) is 5.41 Å². The SMILES string of the molecule is CN1Cc2cc(C(C)(C)C)cc3c2[C@@H](C1)CC1(CC1)C3. The predicted octanol–water partition coefficient (Wildman–Crippen LogP) is 4.24. The third-order valence-corrected chi connectivity index (χ3v) is 5.80. The van der Waals surface area contributed by atoms with Gasteiger partial charge in [-0.1, -0.05) is 32.9 Å². The van der Waals surface area contributed by atoms with Crippen molar-refractivity contribution in [3.63, 3.8) is 0 Å². The first-order chi connectivity index (χ1) is 9.36. The Morgan fingerprint density at radius 1 is 1.15 bits per heavy atom. The average Bonchev–Trinajstić information content (AvgIpc) is 3.05. The van der Waals surface area contributed by atoms with Gasteiger partial charge in [-0.3, -0.25) is 0 Å². The number of benzene rings is 1. The molecule has 2 aliphatic carbocycles. The van der Waals surface area contributed by atoms with E-state index in [4.69, 9.17) is 0 Å². The Hall–Kier alpha value is -0.820. The van der Waals surface area contributed by atoms with Crippen molar-refractivity contribution < 1.29 is 0 Å². The summed E-state index contributed by atoms with van der Waals surface area (Å²) in [7, 11) is 2.29. The molecule has 1 heteroatoms. The maximum absolute atomic E-state index is 2.55. The highest BCUT2D eigenvalue weighted by Gasteiger charge is 2.49. The van der Waals surface area contributed by atoms with E-state index in [1.165, 1.54) is 37.8 Å². The Morgan fingerprint density at radius 2 is 1.85 bits per heavy atom. The van der Waals surface area contributed by atoms with Gasteiger partial charge in [-0.15, -0.1) is 0 Å². The van der Waals surface area contributed by atoms with Crippen LogP contribution in [0.2, 0.25) is 0 Å². The molecular formula is C19H27N. The summed E-state index contributed by atoms with van der Waals surface area (Å²) in [5.41, 5.74) is 7.58. The second kappa shape index (κ2) is 3.88. The molecule has 1 nitrogen and oxygen atoms in total. The lowest BCUT2D eigenvalue weighted by Gasteiger charge is -2.41. The Bertz CT molecular complexity index is 560. The molecule has 4 rings (SSSR count). The maximum Gasteiger partial charge on any atom is 0.0233 e. The van der Waals surface area contributed by atoms with Crippen molar-refractivity contribution in [1.82, 2.24) is 4.90 Å². The van der Waals surface area contributed by atoms with Crippen LogP contribution in [0, 0.1) is 5.41 Å². The van der Waals surface area contributed by atoms with Gasteiger partial charge in [-0.25, -0.2) is 0 Å². The molecule has 0 N–H and O–H groups in total. The lowest BCUT2D eigenvalue weighted by atomic mass is 9.69. The smallest absolute Gasteiger partial charge is 0.0233 e. The summed E-state index contributed by atoms with van der Waals surface area (Å²) < 4.78 is 0. The molecule has 0 bridgehead atoms. The van der Waals surface area contributed by atoms with Gasteiger partial charge in [0.2, 0.25) is 0 Å². The minimum absolute atomic E-state index is 0.269. The molecule has 0 amide bonds. The van der Waals surface area contributed by atoms with Crippen molar-refractivity contribution in [3.05, 3.63) is 34.4 Å². The lowest BCUT2D eigenvalue weighted by Crippen LogP contribution is -2.36. The normalized spacial score (nSPS) is 27.5. The van der Waals surface area contributed by atoms with Crippen LogP contribution in [0.3, 0.4) is 0 Å². The maximum atomic E-state index is 2.55. The van der Waals surface area contributed by atoms with Crippen LogP contribution in [0.25, 0.3) is 0 Å². The highest BCUT2D eigenvalue weighted by Crippen LogP contribution is 2.59. The molecular weight excluding hydrogens is 242 g/mol. The summed E-state index contributed by atoms with van der Waals surface area (Å²) in [5.74, 6) is 0.809. The van der Waals surface area contributed by atoms with Crippen LogP contribution in [-0.4, -0.2) is 18.5 Å². The van der Waals surface area contributed by atoms with Crippen molar-refractivity contribution in [3.8, 4) is 0 Å². The van der Waals surface area contributed by atoms with E-state index < -0.39 is 0 Å². The van der Waals surface area contributed by atoms with Gasteiger partial charge in [-0.05, 0) is 71.7 Å². The highest BCUT2D eigenvalue weighted by atomic mass is 15.1. The van der Waals surface area contributed by atoms with Gasteiger partial charge in [0.15, 0.2) is 0 Å². The lowest BCUT2D eigenvalue weighted by molar-refractivity contribution is 0.239. The Labute approximate surface area is 123 Å². The van der Waals surface area contributed by atoms with Crippen LogP contribution in [0.5, 0.6) is 0 Å². The molecule has 1 heterocycles. The van der Waals surface area contributed by atoms with Crippen LogP contribution >= 0.6 is 0 Å². The summed E-state index contributed by atoms with van der Waals surface area (Å²) in [4.78, 5) is 2.53. The van der Waals surface area contributed by atoms with Gasteiger partial charge in [0.05, 0.1) is 0 Å². The summed E-state index contributed by atoms with van der Waals surface area (Å²) in [5, 5.41) is 0. The third kappa shape index (κ3) is 1.94. The van der Waals surface area contributed by atoms with Gasteiger partial charge < -0.3 is 4.90 Å². The molecule has 108 valence electrons. The molecule has 3 aliphatic rings. The highest BCUT2D eigenvalue weighted by molar-refractivity contribution is 5.48. The second-order valence-corrected chi connectivity index (χ2v) is 8.73. The van der Waals surface area contributed by atoms with Crippen LogP contribution < -0.4 is 0 Å². The molecule has 1 fully saturated rings. The zero-order valence-electron chi connectivity index (χ0n) is 13.4. The fourth-order valence-electron chi connectivity index (χ4n) is 4.56. The van der Waals surface area contributed by atoms with E-state index in [9.17, 15) is 0 Å². The van der Waals surface area contributed by atoms with Crippen LogP contribution in [0.15, 0.2) is 12.1 Å². The van der Waals surface area contributed by atoms with Gasteiger partial charge in [0.25, 0.3) is 0 Å². The summed E-state index contributed by atoms with van der Waals surface area (Å²) in [6.07, 6.45) is 5.76. The van der Waals surface area contributed by atoms with Gasteiger partial charge in [-0.2, -0.15) is 0 Å². The van der Waals surface area contributed by atoms with Gasteiger partial charge >= 0.3 is 0 Å². The molecule has 0 saturated heterocycles.